The number of hydrogen-bond donors (Lipinski definition) is 0. The monoisotopic (exact) mass is 313 g/mol. The van der Waals surface area contributed by atoms with Gasteiger partial charge in [-0.15, -0.1) is 0 Å². The van der Waals surface area contributed by atoms with Crippen molar-refractivity contribution in [3.63, 3.8) is 0 Å². The van der Waals surface area contributed by atoms with Crippen LogP contribution in [0.1, 0.15) is 24.8 Å². The highest BCUT2D eigenvalue weighted by atomic mass is 16.5. The molecule has 1 atom stereocenters. The highest BCUT2D eigenvalue weighted by Gasteiger charge is 2.27. The number of carbonyl (C=O) groups excluding carboxylic acids is 1. The lowest BCUT2D eigenvalue weighted by Gasteiger charge is -2.36. The first kappa shape index (κ1) is 15.6. The minimum absolute atomic E-state index is 0.201. The largest absolute Gasteiger partial charge is 0.497 e. The van der Waals surface area contributed by atoms with E-state index in [0.29, 0.717) is 6.42 Å². The molecule has 1 aliphatic heterocycles. The van der Waals surface area contributed by atoms with Crippen LogP contribution in [0, 0.1) is 0 Å². The van der Waals surface area contributed by atoms with Crippen LogP contribution >= 0.6 is 0 Å². The molecule has 5 nitrogen and oxygen atoms in total. The summed E-state index contributed by atoms with van der Waals surface area (Å²) in [5.74, 6) is 1.02. The van der Waals surface area contributed by atoms with Crippen molar-refractivity contribution in [1.82, 2.24) is 14.7 Å². The number of amides is 1. The molecule has 1 aromatic heterocycles. The molecule has 3 rings (SSSR count). The molecule has 0 radical (unpaired) electrons. The summed E-state index contributed by atoms with van der Waals surface area (Å²) in [6.07, 6.45) is 7.50. The van der Waals surface area contributed by atoms with Gasteiger partial charge in [0, 0.05) is 18.9 Å². The number of aromatic nitrogens is 2. The molecule has 0 unspecified atom stereocenters. The first-order valence-corrected chi connectivity index (χ1v) is 8.16. The predicted molar refractivity (Wildman–Crippen MR) is 88.3 cm³/mol. The summed E-state index contributed by atoms with van der Waals surface area (Å²) in [7, 11) is 1.65. The minimum atomic E-state index is 0.201. The zero-order valence-corrected chi connectivity index (χ0v) is 13.5. The summed E-state index contributed by atoms with van der Waals surface area (Å²) in [4.78, 5) is 14.8. The van der Waals surface area contributed by atoms with Crippen molar-refractivity contribution in [2.45, 2.75) is 38.3 Å². The van der Waals surface area contributed by atoms with Crippen molar-refractivity contribution < 1.29 is 9.53 Å². The van der Waals surface area contributed by atoms with Crippen molar-refractivity contribution >= 4 is 5.91 Å². The molecule has 122 valence electrons. The topological polar surface area (TPSA) is 47.4 Å². The standard InChI is InChI=1S/C18H23N3O2/c1-23-17-8-6-15(7-9-17)13-18(22)21-12-3-2-5-16(21)14-20-11-4-10-19-20/h4,6-11,16H,2-3,5,12-14H2,1H3/t16-/m0/s1. The second kappa shape index (κ2) is 7.31. The van der Waals surface area contributed by atoms with Gasteiger partial charge in [-0.1, -0.05) is 12.1 Å². The predicted octanol–water partition coefficient (Wildman–Crippen LogP) is 2.52. The van der Waals surface area contributed by atoms with Crippen molar-refractivity contribution in [1.29, 1.82) is 0 Å². The third-order valence-corrected chi connectivity index (χ3v) is 4.42. The van der Waals surface area contributed by atoms with E-state index in [2.05, 4.69) is 5.10 Å². The molecule has 1 aliphatic rings. The number of carbonyl (C=O) groups is 1. The maximum absolute atomic E-state index is 12.7. The van der Waals surface area contributed by atoms with Crippen molar-refractivity contribution in [2.75, 3.05) is 13.7 Å². The Bertz CT molecular complexity index is 622. The summed E-state index contributed by atoms with van der Waals surface area (Å²) in [5, 5.41) is 4.27. The van der Waals surface area contributed by atoms with E-state index >= 15 is 0 Å². The summed E-state index contributed by atoms with van der Waals surface area (Å²) in [5.41, 5.74) is 1.03. The normalized spacial score (nSPS) is 18.0. The molecule has 0 N–H and O–H groups in total. The van der Waals surface area contributed by atoms with E-state index in [9.17, 15) is 4.79 Å². The lowest BCUT2D eigenvalue weighted by atomic mass is 10.0. The fourth-order valence-corrected chi connectivity index (χ4v) is 3.16. The summed E-state index contributed by atoms with van der Waals surface area (Å²) in [6.45, 7) is 1.63. The fraction of sp³-hybridized carbons (Fsp3) is 0.444. The lowest BCUT2D eigenvalue weighted by Crippen LogP contribution is -2.46. The van der Waals surface area contributed by atoms with Crippen LogP contribution < -0.4 is 4.74 Å². The van der Waals surface area contributed by atoms with E-state index < -0.39 is 0 Å². The number of benzene rings is 1. The Labute approximate surface area is 136 Å². The Hall–Kier alpha value is -2.30. The maximum Gasteiger partial charge on any atom is 0.227 e. The molecule has 2 heterocycles. The molecule has 1 aromatic carbocycles. The molecule has 1 saturated heterocycles. The van der Waals surface area contributed by atoms with Crippen LogP contribution in [0.2, 0.25) is 0 Å². The average molecular weight is 313 g/mol. The Kier molecular flexibility index (Phi) is 4.95. The number of hydrogen-bond acceptors (Lipinski definition) is 3. The van der Waals surface area contributed by atoms with Gasteiger partial charge in [0.05, 0.1) is 26.1 Å². The van der Waals surface area contributed by atoms with Gasteiger partial charge < -0.3 is 9.64 Å². The van der Waals surface area contributed by atoms with E-state index in [1.54, 1.807) is 13.3 Å². The van der Waals surface area contributed by atoms with Crippen molar-refractivity contribution in [2.24, 2.45) is 0 Å². The van der Waals surface area contributed by atoms with E-state index in [-0.39, 0.29) is 11.9 Å². The average Bonchev–Trinajstić information content (AvgIpc) is 3.09. The molecule has 5 heteroatoms. The number of methoxy groups -OCH3 is 1. The Morgan fingerprint density at radius 1 is 1.30 bits per heavy atom. The van der Waals surface area contributed by atoms with Crippen molar-refractivity contribution in [3.05, 3.63) is 48.3 Å². The molecular formula is C18H23N3O2. The third-order valence-electron chi connectivity index (χ3n) is 4.42. The zero-order chi connectivity index (χ0) is 16.1. The van der Waals surface area contributed by atoms with Crippen molar-refractivity contribution in [3.8, 4) is 5.75 Å². The van der Waals surface area contributed by atoms with Crippen LogP contribution in [0.15, 0.2) is 42.7 Å². The molecule has 1 fully saturated rings. The summed E-state index contributed by atoms with van der Waals surface area (Å²) < 4.78 is 7.08. The second-order valence-electron chi connectivity index (χ2n) is 5.99. The fourth-order valence-electron chi connectivity index (χ4n) is 3.16. The van der Waals surface area contributed by atoms with Crippen LogP contribution in [0.25, 0.3) is 0 Å². The van der Waals surface area contributed by atoms with Crippen LogP contribution in [0.3, 0.4) is 0 Å². The molecule has 0 spiro atoms. The Balaban J connectivity index is 1.65. The highest BCUT2D eigenvalue weighted by molar-refractivity contribution is 5.79. The lowest BCUT2D eigenvalue weighted by molar-refractivity contribution is -0.134. The molecule has 0 saturated carbocycles. The number of nitrogens with zero attached hydrogens (tertiary/aromatic N) is 3. The SMILES string of the molecule is COc1ccc(CC(=O)N2CCCC[C@H]2Cn2cccn2)cc1. The molecule has 0 aliphatic carbocycles. The first-order valence-electron chi connectivity index (χ1n) is 8.16. The van der Waals surface area contributed by atoms with E-state index in [0.717, 1.165) is 37.2 Å². The number of rotatable bonds is 5. The van der Waals surface area contributed by atoms with Crippen LogP contribution in [0.4, 0.5) is 0 Å². The number of likely N-dealkylation sites (tertiary alicyclic amines) is 1. The van der Waals surface area contributed by atoms with Crippen LogP contribution in [-0.2, 0) is 17.8 Å². The summed E-state index contributed by atoms with van der Waals surface area (Å²) >= 11 is 0. The molecular weight excluding hydrogens is 290 g/mol. The van der Waals surface area contributed by atoms with Gasteiger partial charge in [-0.2, -0.15) is 5.10 Å². The first-order chi connectivity index (χ1) is 11.3. The second-order valence-corrected chi connectivity index (χ2v) is 5.99. The van der Waals surface area contributed by atoms with Gasteiger partial charge in [0.1, 0.15) is 5.75 Å². The number of piperidine rings is 1. The minimum Gasteiger partial charge on any atom is -0.497 e. The third kappa shape index (κ3) is 3.92. The van der Waals surface area contributed by atoms with E-state index in [1.165, 1.54) is 6.42 Å². The van der Waals surface area contributed by atoms with Gasteiger partial charge in [0.2, 0.25) is 5.91 Å². The molecule has 0 bridgehead atoms. The summed E-state index contributed by atoms with van der Waals surface area (Å²) in [6, 6.07) is 9.90. The molecule has 23 heavy (non-hydrogen) atoms. The zero-order valence-electron chi connectivity index (χ0n) is 13.5. The van der Waals surface area contributed by atoms with Gasteiger partial charge in [-0.25, -0.2) is 0 Å². The smallest absolute Gasteiger partial charge is 0.227 e. The Morgan fingerprint density at radius 2 is 2.13 bits per heavy atom. The highest BCUT2D eigenvalue weighted by Crippen LogP contribution is 2.20. The van der Waals surface area contributed by atoms with Gasteiger partial charge >= 0.3 is 0 Å². The van der Waals surface area contributed by atoms with Gasteiger partial charge in [-0.05, 0) is 43.0 Å². The van der Waals surface area contributed by atoms with Gasteiger partial charge in [0.25, 0.3) is 0 Å². The Morgan fingerprint density at radius 3 is 2.83 bits per heavy atom. The molecule has 2 aromatic rings. The molecule has 1 amide bonds. The van der Waals surface area contributed by atoms with Crippen LogP contribution in [-0.4, -0.2) is 40.3 Å². The van der Waals surface area contributed by atoms with Gasteiger partial charge in [0.15, 0.2) is 0 Å². The van der Waals surface area contributed by atoms with E-state index in [1.807, 2.05) is 46.1 Å². The quantitative estimate of drug-likeness (QED) is 0.852. The number of ether oxygens (including phenoxy) is 1. The van der Waals surface area contributed by atoms with Crippen LogP contribution in [0.5, 0.6) is 5.75 Å². The van der Waals surface area contributed by atoms with E-state index in [4.69, 9.17) is 4.74 Å². The van der Waals surface area contributed by atoms with Gasteiger partial charge in [-0.3, -0.25) is 9.48 Å². The maximum atomic E-state index is 12.7.